The summed E-state index contributed by atoms with van der Waals surface area (Å²) in [6.07, 6.45) is 3.51. The Bertz CT molecular complexity index is 264. The van der Waals surface area contributed by atoms with Gasteiger partial charge in [-0.05, 0) is 11.6 Å². The fraction of sp³-hybridized carbons (Fsp3) is 0.111. The van der Waals surface area contributed by atoms with Crippen molar-refractivity contribution in [2.24, 2.45) is 0 Å². The molecule has 0 fully saturated rings. The van der Waals surface area contributed by atoms with Crippen LogP contribution in [0.1, 0.15) is 5.56 Å². The predicted octanol–water partition coefficient (Wildman–Crippen LogP) is 2.04. The molecule has 0 saturated carbocycles. The topological polar surface area (TPSA) is 17.1 Å². The standard InChI is InChI=1S/C9H10OS/c1-11(10)8-7-9-5-3-2-4-6-9/h2-8H,1H3/b8-7-. The van der Waals surface area contributed by atoms with E-state index in [9.17, 15) is 4.21 Å². The Morgan fingerprint density at radius 2 is 1.91 bits per heavy atom. The van der Waals surface area contributed by atoms with Gasteiger partial charge in [0.1, 0.15) is 0 Å². The maximum Gasteiger partial charge on any atom is 0.0424 e. The van der Waals surface area contributed by atoms with E-state index < -0.39 is 10.8 Å². The third-order valence-electron chi connectivity index (χ3n) is 1.25. The molecule has 0 aromatic heterocycles. The second-order valence-electron chi connectivity index (χ2n) is 2.21. The highest BCUT2D eigenvalue weighted by molar-refractivity contribution is 7.87. The second-order valence-corrected chi connectivity index (χ2v) is 3.48. The van der Waals surface area contributed by atoms with Gasteiger partial charge in [-0.25, -0.2) is 0 Å². The first-order valence-corrected chi connectivity index (χ1v) is 4.96. The van der Waals surface area contributed by atoms with Crippen molar-refractivity contribution in [1.82, 2.24) is 0 Å². The van der Waals surface area contributed by atoms with Gasteiger partial charge in [0.05, 0.1) is 0 Å². The van der Waals surface area contributed by atoms with Crippen LogP contribution in [0.5, 0.6) is 0 Å². The molecule has 1 unspecified atom stereocenters. The molecule has 1 aromatic rings. The Kier molecular flexibility index (Phi) is 3.05. The molecule has 0 amide bonds. The summed E-state index contributed by atoms with van der Waals surface area (Å²) in [6.45, 7) is 0. The van der Waals surface area contributed by atoms with E-state index in [0.717, 1.165) is 5.56 Å². The molecular formula is C9H10OS. The highest BCUT2D eigenvalue weighted by atomic mass is 32.2. The van der Waals surface area contributed by atoms with E-state index in [1.165, 1.54) is 0 Å². The molecule has 0 spiro atoms. The van der Waals surface area contributed by atoms with E-state index in [1.54, 1.807) is 11.7 Å². The first-order chi connectivity index (χ1) is 5.29. The molecule has 0 aliphatic rings. The molecule has 0 heterocycles. The van der Waals surface area contributed by atoms with E-state index >= 15 is 0 Å². The SMILES string of the molecule is CS(=O)/C=C\c1ccccc1. The Hall–Kier alpha value is -0.890. The van der Waals surface area contributed by atoms with Crippen LogP contribution >= 0.6 is 0 Å². The molecule has 0 aliphatic heterocycles. The number of rotatable bonds is 2. The maximum atomic E-state index is 10.6. The number of hydrogen-bond acceptors (Lipinski definition) is 1. The lowest BCUT2D eigenvalue weighted by molar-refractivity contribution is 0.692. The largest absolute Gasteiger partial charge is 0.255 e. The van der Waals surface area contributed by atoms with Crippen molar-refractivity contribution in [2.45, 2.75) is 0 Å². The zero-order valence-corrected chi connectivity index (χ0v) is 7.17. The van der Waals surface area contributed by atoms with Crippen LogP contribution in [0.15, 0.2) is 35.7 Å². The average molecular weight is 166 g/mol. The molecule has 0 N–H and O–H groups in total. The van der Waals surface area contributed by atoms with Gasteiger partial charge in [0.2, 0.25) is 0 Å². The highest BCUT2D eigenvalue weighted by Crippen LogP contribution is 2.00. The summed E-state index contributed by atoms with van der Waals surface area (Å²) in [5, 5.41) is 1.68. The van der Waals surface area contributed by atoms with Crippen molar-refractivity contribution in [3.05, 3.63) is 41.3 Å². The molecule has 58 valence electrons. The lowest BCUT2D eigenvalue weighted by Gasteiger charge is -1.88. The van der Waals surface area contributed by atoms with Gasteiger partial charge in [-0.3, -0.25) is 4.21 Å². The van der Waals surface area contributed by atoms with Gasteiger partial charge in [-0.2, -0.15) is 0 Å². The fourth-order valence-corrected chi connectivity index (χ4v) is 1.09. The zero-order valence-electron chi connectivity index (χ0n) is 6.36. The molecule has 1 nitrogen and oxygen atoms in total. The minimum Gasteiger partial charge on any atom is -0.255 e. The van der Waals surface area contributed by atoms with Gasteiger partial charge in [-0.15, -0.1) is 0 Å². The van der Waals surface area contributed by atoms with E-state index in [-0.39, 0.29) is 0 Å². The Labute approximate surface area is 69.2 Å². The molecule has 2 heteroatoms. The quantitative estimate of drug-likeness (QED) is 0.657. The van der Waals surface area contributed by atoms with E-state index in [2.05, 4.69) is 0 Å². The van der Waals surface area contributed by atoms with Crippen LogP contribution in [-0.2, 0) is 10.8 Å². The average Bonchev–Trinajstić information content (AvgIpc) is 2.03. The van der Waals surface area contributed by atoms with Crippen LogP contribution in [-0.4, -0.2) is 10.5 Å². The maximum absolute atomic E-state index is 10.6. The lowest BCUT2D eigenvalue weighted by Crippen LogP contribution is -1.75. The van der Waals surface area contributed by atoms with Gasteiger partial charge >= 0.3 is 0 Å². The van der Waals surface area contributed by atoms with Crippen LogP contribution in [0.3, 0.4) is 0 Å². The normalized spacial score (nSPS) is 13.5. The third-order valence-corrected chi connectivity index (χ3v) is 1.77. The zero-order chi connectivity index (χ0) is 8.10. The van der Waals surface area contributed by atoms with Crippen molar-refractivity contribution in [3.8, 4) is 0 Å². The molecule has 0 bridgehead atoms. The van der Waals surface area contributed by atoms with Crippen molar-refractivity contribution in [1.29, 1.82) is 0 Å². The van der Waals surface area contributed by atoms with E-state index in [0.29, 0.717) is 0 Å². The fourth-order valence-electron chi connectivity index (χ4n) is 0.739. The van der Waals surface area contributed by atoms with Crippen LogP contribution in [0.25, 0.3) is 6.08 Å². The number of hydrogen-bond donors (Lipinski definition) is 0. The summed E-state index contributed by atoms with van der Waals surface area (Å²) >= 11 is 0. The first-order valence-electron chi connectivity index (χ1n) is 3.34. The Morgan fingerprint density at radius 3 is 2.45 bits per heavy atom. The molecule has 1 atom stereocenters. The number of benzene rings is 1. The van der Waals surface area contributed by atoms with E-state index in [1.807, 2.05) is 36.4 Å². The summed E-state index contributed by atoms with van der Waals surface area (Å²) < 4.78 is 10.6. The van der Waals surface area contributed by atoms with Gasteiger partial charge in [-0.1, -0.05) is 30.3 Å². The monoisotopic (exact) mass is 166 g/mol. The first kappa shape index (κ1) is 8.21. The van der Waals surface area contributed by atoms with Gasteiger partial charge in [0.25, 0.3) is 0 Å². The van der Waals surface area contributed by atoms with E-state index in [4.69, 9.17) is 0 Å². The van der Waals surface area contributed by atoms with Gasteiger partial charge in [0.15, 0.2) is 0 Å². The summed E-state index contributed by atoms with van der Waals surface area (Å²) in [6, 6.07) is 9.82. The summed E-state index contributed by atoms with van der Waals surface area (Å²) in [5.74, 6) is 0. The van der Waals surface area contributed by atoms with Crippen molar-refractivity contribution < 1.29 is 4.21 Å². The minimum atomic E-state index is -0.847. The van der Waals surface area contributed by atoms with Crippen LogP contribution in [0.2, 0.25) is 0 Å². The summed E-state index contributed by atoms with van der Waals surface area (Å²) in [4.78, 5) is 0. The summed E-state index contributed by atoms with van der Waals surface area (Å²) in [7, 11) is -0.847. The molecule has 1 rings (SSSR count). The molecule has 0 saturated heterocycles. The van der Waals surface area contributed by atoms with Crippen molar-refractivity contribution in [3.63, 3.8) is 0 Å². The van der Waals surface area contributed by atoms with Gasteiger partial charge in [0, 0.05) is 22.5 Å². The lowest BCUT2D eigenvalue weighted by atomic mass is 10.2. The predicted molar refractivity (Wildman–Crippen MR) is 49.5 cm³/mol. The smallest absolute Gasteiger partial charge is 0.0424 e. The Balaban J connectivity index is 2.72. The van der Waals surface area contributed by atoms with Crippen LogP contribution < -0.4 is 0 Å². The summed E-state index contributed by atoms with van der Waals surface area (Å²) in [5.41, 5.74) is 1.09. The molecule has 11 heavy (non-hydrogen) atoms. The van der Waals surface area contributed by atoms with Crippen molar-refractivity contribution >= 4 is 16.9 Å². The van der Waals surface area contributed by atoms with Crippen molar-refractivity contribution in [2.75, 3.05) is 6.26 Å². The molecule has 1 aromatic carbocycles. The molecule has 0 aliphatic carbocycles. The van der Waals surface area contributed by atoms with Crippen LogP contribution in [0.4, 0.5) is 0 Å². The minimum absolute atomic E-state index is 0.847. The van der Waals surface area contributed by atoms with Gasteiger partial charge < -0.3 is 0 Å². The van der Waals surface area contributed by atoms with Crippen LogP contribution in [0, 0.1) is 0 Å². The second kappa shape index (κ2) is 4.09. The molecular weight excluding hydrogens is 156 g/mol. The third kappa shape index (κ3) is 3.14. The highest BCUT2D eigenvalue weighted by Gasteiger charge is 1.82. The Morgan fingerprint density at radius 1 is 1.27 bits per heavy atom. The molecule has 0 radical (unpaired) electrons.